The molecule has 1 heterocycles. The van der Waals surface area contributed by atoms with Crippen LogP contribution in [0.25, 0.3) is 11.0 Å². The molecule has 0 fully saturated rings. The van der Waals surface area contributed by atoms with E-state index in [2.05, 4.69) is 17.6 Å². The molecule has 3 rings (SSSR count). The Bertz CT molecular complexity index is 924. The third-order valence-electron chi connectivity index (χ3n) is 4.80. The van der Waals surface area contributed by atoms with E-state index in [1.54, 1.807) is 12.1 Å². The topological polar surface area (TPSA) is 27.1 Å². The summed E-state index contributed by atoms with van der Waals surface area (Å²) in [5.74, 6) is 1.39. The van der Waals surface area contributed by atoms with Gasteiger partial charge in [0.1, 0.15) is 18.2 Å². The Morgan fingerprint density at radius 1 is 0.893 bits per heavy atom. The van der Waals surface area contributed by atoms with Gasteiger partial charge in [0.2, 0.25) is 0 Å². The predicted octanol–water partition coefficient (Wildman–Crippen LogP) is 7.94. The first kappa shape index (κ1) is 21.3. The molecule has 0 bridgehead atoms. The van der Waals surface area contributed by atoms with Gasteiger partial charge in [-0.3, -0.25) is 0 Å². The number of benzene rings is 2. The summed E-state index contributed by atoms with van der Waals surface area (Å²) < 4.78 is 8.18. The fourth-order valence-electron chi connectivity index (χ4n) is 3.29. The highest BCUT2D eigenvalue weighted by Crippen LogP contribution is 2.34. The highest BCUT2D eigenvalue weighted by atomic mass is 35.5. The molecule has 150 valence electrons. The Morgan fingerprint density at radius 3 is 2.43 bits per heavy atom. The number of rotatable bonds is 10. The van der Waals surface area contributed by atoms with Crippen molar-refractivity contribution in [1.82, 2.24) is 9.55 Å². The van der Waals surface area contributed by atoms with Gasteiger partial charge < -0.3 is 9.30 Å². The molecule has 28 heavy (non-hydrogen) atoms. The van der Waals surface area contributed by atoms with Gasteiger partial charge in [-0.05, 0) is 24.6 Å². The van der Waals surface area contributed by atoms with Crippen molar-refractivity contribution >= 4 is 45.8 Å². The molecule has 2 aromatic carbocycles. The van der Waals surface area contributed by atoms with E-state index in [0.29, 0.717) is 27.4 Å². The number of nitrogens with zero attached hydrogens (tertiary/aromatic N) is 2. The van der Waals surface area contributed by atoms with Crippen LogP contribution in [0.2, 0.25) is 15.1 Å². The van der Waals surface area contributed by atoms with Crippen LogP contribution in [0.15, 0.2) is 36.4 Å². The smallest absolute Gasteiger partial charge is 0.147 e. The lowest BCUT2D eigenvalue weighted by Gasteiger charge is -2.12. The molecule has 0 unspecified atom stereocenters. The summed E-state index contributed by atoms with van der Waals surface area (Å²) >= 11 is 18.3. The first-order chi connectivity index (χ1) is 13.6. The summed E-state index contributed by atoms with van der Waals surface area (Å²) in [6.07, 6.45) is 7.54. The SMILES string of the molecule is CCCCCCCCn1c(COc2cc(Cl)c(Cl)cc2Cl)nc2ccccc21. The average molecular weight is 440 g/mol. The van der Waals surface area contributed by atoms with Crippen LogP contribution < -0.4 is 4.74 Å². The van der Waals surface area contributed by atoms with Crippen molar-refractivity contribution in [2.75, 3.05) is 0 Å². The molecule has 0 saturated heterocycles. The van der Waals surface area contributed by atoms with Gasteiger partial charge >= 0.3 is 0 Å². The lowest BCUT2D eigenvalue weighted by atomic mass is 10.1. The zero-order valence-electron chi connectivity index (χ0n) is 16.1. The molecule has 0 aliphatic heterocycles. The van der Waals surface area contributed by atoms with E-state index in [-0.39, 0.29) is 0 Å². The fourth-order valence-corrected chi connectivity index (χ4v) is 3.88. The van der Waals surface area contributed by atoms with Crippen molar-refractivity contribution in [2.45, 2.75) is 58.6 Å². The minimum absolute atomic E-state index is 0.322. The van der Waals surface area contributed by atoms with E-state index in [9.17, 15) is 0 Å². The Labute approximate surface area is 181 Å². The molecule has 0 N–H and O–H groups in total. The maximum absolute atomic E-state index is 6.23. The Kier molecular flexibility index (Phi) is 7.90. The summed E-state index contributed by atoms with van der Waals surface area (Å²) in [5.41, 5.74) is 2.11. The third kappa shape index (κ3) is 5.34. The summed E-state index contributed by atoms with van der Waals surface area (Å²) in [7, 11) is 0. The van der Waals surface area contributed by atoms with E-state index in [1.165, 1.54) is 32.1 Å². The number of hydrogen-bond donors (Lipinski definition) is 0. The molecule has 0 aliphatic carbocycles. The van der Waals surface area contributed by atoms with Crippen LogP contribution >= 0.6 is 34.8 Å². The number of para-hydroxylation sites is 2. The van der Waals surface area contributed by atoms with Gasteiger partial charge in [0, 0.05) is 12.6 Å². The van der Waals surface area contributed by atoms with Gasteiger partial charge in [0.15, 0.2) is 0 Å². The summed E-state index contributed by atoms with van der Waals surface area (Å²) in [6.45, 7) is 3.49. The molecule has 6 heteroatoms. The molecule has 1 aromatic heterocycles. The van der Waals surface area contributed by atoms with E-state index < -0.39 is 0 Å². The van der Waals surface area contributed by atoms with Crippen LogP contribution in [0.1, 0.15) is 51.3 Å². The van der Waals surface area contributed by atoms with Gasteiger partial charge in [-0.25, -0.2) is 4.98 Å². The second-order valence-electron chi connectivity index (χ2n) is 6.92. The first-order valence-corrected chi connectivity index (χ1v) is 10.9. The molecule has 0 amide bonds. The highest BCUT2D eigenvalue weighted by Gasteiger charge is 2.13. The number of fused-ring (bicyclic) bond motifs is 1. The second-order valence-corrected chi connectivity index (χ2v) is 8.14. The standard InChI is InChI=1S/C22H25Cl3N2O/c1-2-3-4-5-6-9-12-27-20-11-8-7-10-19(20)26-22(27)15-28-21-14-17(24)16(23)13-18(21)25/h7-8,10-11,13-14H,2-6,9,12,15H2,1H3. The quantitative estimate of drug-likeness (QED) is 0.237. The van der Waals surface area contributed by atoms with E-state index in [4.69, 9.17) is 44.5 Å². The Morgan fingerprint density at radius 2 is 1.61 bits per heavy atom. The van der Waals surface area contributed by atoms with E-state index in [0.717, 1.165) is 29.8 Å². The van der Waals surface area contributed by atoms with Crippen LogP contribution in [0.5, 0.6) is 5.75 Å². The predicted molar refractivity (Wildman–Crippen MR) is 119 cm³/mol. The average Bonchev–Trinajstić information content (AvgIpc) is 3.04. The van der Waals surface area contributed by atoms with Crippen molar-refractivity contribution in [3.05, 3.63) is 57.3 Å². The molecule has 0 aliphatic rings. The van der Waals surface area contributed by atoms with Crippen LogP contribution in [0.3, 0.4) is 0 Å². The third-order valence-corrected chi connectivity index (χ3v) is 5.82. The van der Waals surface area contributed by atoms with Crippen molar-refractivity contribution < 1.29 is 4.74 Å². The van der Waals surface area contributed by atoms with Crippen molar-refractivity contribution in [1.29, 1.82) is 0 Å². The van der Waals surface area contributed by atoms with Crippen LogP contribution in [0, 0.1) is 0 Å². The van der Waals surface area contributed by atoms with Crippen LogP contribution in [-0.4, -0.2) is 9.55 Å². The number of hydrogen-bond acceptors (Lipinski definition) is 2. The molecule has 3 nitrogen and oxygen atoms in total. The fraction of sp³-hybridized carbons (Fsp3) is 0.409. The van der Waals surface area contributed by atoms with E-state index in [1.807, 2.05) is 18.2 Å². The summed E-state index contributed by atoms with van der Waals surface area (Å²) in [5, 5.41) is 1.27. The van der Waals surface area contributed by atoms with E-state index >= 15 is 0 Å². The van der Waals surface area contributed by atoms with Gasteiger partial charge in [-0.15, -0.1) is 0 Å². The molecule has 0 spiro atoms. The number of aromatic nitrogens is 2. The number of halogens is 3. The summed E-state index contributed by atoms with van der Waals surface area (Å²) in [6, 6.07) is 11.4. The first-order valence-electron chi connectivity index (χ1n) is 9.81. The largest absolute Gasteiger partial charge is 0.484 e. The lowest BCUT2D eigenvalue weighted by Crippen LogP contribution is -2.08. The minimum Gasteiger partial charge on any atom is -0.484 e. The number of unbranched alkanes of at least 4 members (excludes halogenated alkanes) is 5. The zero-order valence-corrected chi connectivity index (χ0v) is 18.3. The second kappa shape index (κ2) is 10.4. The Balaban J connectivity index is 1.72. The number of ether oxygens (including phenoxy) is 1. The van der Waals surface area contributed by atoms with Crippen LogP contribution in [0.4, 0.5) is 0 Å². The maximum atomic E-state index is 6.23. The van der Waals surface area contributed by atoms with Crippen molar-refractivity contribution in [3.8, 4) is 5.75 Å². The maximum Gasteiger partial charge on any atom is 0.147 e. The summed E-state index contributed by atoms with van der Waals surface area (Å²) in [4.78, 5) is 4.76. The number of aryl methyl sites for hydroxylation is 1. The molecule has 0 radical (unpaired) electrons. The minimum atomic E-state index is 0.322. The monoisotopic (exact) mass is 438 g/mol. The lowest BCUT2D eigenvalue weighted by molar-refractivity contribution is 0.289. The van der Waals surface area contributed by atoms with Crippen LogP contribution in [-0.2, 0) is 13.2 Å². The van der Waals surface area contributed by atoms with Crippen molar-refractivity contribution in [3.63, 3.8) is 0 Å². The zero-order chi connectivity index (χ0) is 19.9. The normalized spacial score (nSPS) is 11.3. The molecule has 3 aromatic rings. The molecule has 0 saturated carbocycles. The number of imidazole rings is 1. The van der Waals surface area contributed by atoms with Gasteiger partial charge in [0.05, 0.1) is 26.1 Å². The molecular formula is C22H25Cl3N2O. The van der Waals surface area contributed by atoms with Gasteiger partial charge in [0.25, 0.3) is 0 Å². The molecule has 0 atom stereocenters. The highest BCUT2D eigenvalue weighted by molar-refractivity contribution is 6.43. The van der Waals surface area contributed by atoms with Gasteiger partial charge in [-0.1, -0.05) is 86.0 Å². The Hall–Kier alpha value is -1.42. The van der Waals surface area contributed by atoms with Gasteiger partial charge in [-0.2, -0.15) is 0 Å². The molecular weight excluding hydrogens is 415 g/mol. The van der Waals surface area contributed by atoms with Crippen molar-refractivity contribution in [2.24, 2.45) is 0 Å².